The van der Waals surface area contributed by atoms with Crippen molar-refractivity contribution in [2.75, 3.05) is 7.05 Å². The Bertz CT molecular complexity index is 466. The van der Waals surface area contributed by atoms with Gasteiger partial charge in [0.2, 0.25) is 0 Å². The summed E-state index contributed by atoms with van der Waals surface area (Å²) in [6.07, 6.45) is 3.58. The predicted octanol–water partition coefficient (Wildman–Crippen LogP) is 2.61. The van der Waals surface area contributed by atoms with Crippen LogP contribution in [-0.2, 0) is 6.54 Å². The molecule has 0 saturated carbocycles. The van der Waals surface area contributed by atoms with E-state index in [2.05, 4.69) is 10.3 Å². The van der Waals surface area contributed by atoms with Crippen molar-refractivity contribution in [3.63, 3.8) is 0 Å². The fourth-order valence-electron chi connectivity index (χ4n) is 1.67. The van der Waals surface area contributed by atoms with E-state index in [0.717, 1.165) is 23.2 Å². The van der Waals surface area contributed by atoms with Gasteiger partial charge in [0.25, 0.3) is 0 Å². The Balaban J connectivity index is 2.42. The maximum Gasteiger partial charge on any atom is 0.123 e. The number of nitrogens with zero attached hydrogens (tertiary/aromatic N) is 1. The fraction of sp³-hybridized carbons (Fsp3) is 0.154. The topological polar surface area (TPSA) is 24.9 Å². The van der Waals surface area contributed by atoms with Crippen LogP contribution in [0.2, 0.25) is 0 Å². The zero-order chi connectivity index (χ0) is 11.4. The van der Waals surface area contributed by atoms with Crippen molar-refractivity contribution in [2.45, 2.75) is 6.54 Å². The zero-order valence-corrected chi connectivity index (χ0v) is 9.07. The molecular formula is C13H13FN2. The third kappa shape index (κ3) is 2.25. The van der Waals surface area contributed by atoms with Gasteiger partial charge >= 0.3 is 0 Å². The van der Waals surface area contributed by atoms with Crippen LogP contribution in [-0.4, -0.2) is 12.0 Å². The minimum atomic E-state index is -0.215. The molecule has 0 fully saturated rings. The van der Waals surface area contributed by atoms with Crippen LogP contribution in [0, 0.1) is 5.82 Å². The number of nitrogens with one attached hydrogen (secondary N) is 1. The van der Waals surface area contributed by atoms with Gasteiger partial charge in [0.1, 0.15) is 5.82 Å². The van der Waals surface area contributed by atoms with Crippen molar-refractivity contribution in [3.8, 4) is 11.1 Å². The summed E-state index contributed by atoms with van der Waals surface area (Å²) in [6, 6.07) is 8.45. The highest BCUT2D eigenvalue weighted by Crippen LogP contribution is 2.22. The molecule has 2 rings (SSSR count). The van der Waals surface area contributed by atoms with Crippen LogP contribution in [0.3, 0.4) is 0 Å². The number of halogens is 1. The number of aromatic nitrogens is 1. The number of pyridine rings is 1. The molecule has 2 nitrogen and oxygen atoms in total. The average Bonchev–Trinajstić information content (AvgIpc) is 2.32. The van der Waals surface area contributed by atoms with Crippen LogP contribution < -0.4 is 5.32 Å². The van der Waals surface area contributed by atoms with Crippen molar-refractivity contribution < 1.29 is 4.39 Å². The van der Waals surface area contributed by atoms with Gasteiger partial charge in [0, 0.05) is 18.9 Å². The Hall–Kier alpha value is -1.74. The number of benzene rings is 1. The monoisotopic (exact) mass is 216 g/mol. The zero-order valence-electron chi connectivity index (χ0n) is 9.07. The van der Waals surface area contributed by atoms with E-state index in [1.54, 1.807) is 18.3 Å². The maximum absolute atomic E-state index is 12.8. The lowest BCUT2D eigenvalue weighted by Crippen LogP contribution is -2.06. The van der Waals surface area contributed by atoms with Crippen LogP contribution >= 0.6 is 0 Å². The van der Waals surface area contributed by atoms with Gasteiger partial charge in [-0.2, -0.15) is 0 Å². The molecule has 3 heteroatoms. The van der Waals surface area contributed by atoms with Crippen LogP contribution in [0.1, 0.15) is 5.56 Å². The highest BCUT2D eigenvalue weighted by atomic mass is 19.1. The van der Waals surface area contributed by atoms with Crippen LogP contribution in [0.25, 0.3) is 11.1 Å². The van der Waals surface area contributed by atoms with Gasteiger partial charge in [-0.15, -0.1) is 0 Å². The van der Waals surface area contributed by atoms with E-state index in [0.29, 0.717) is 0 Å². The molecule has 0 atom stereocenters. The maximum atomic E-state index is 12.8. The summed E-state index contributed by atoms with van der Waals surface area (Å²) in [6.45, 7) is 0.751. The molecule has 82 valence electrons. The van der Waals surface area contributed by atoms with E-state index in [-0.39, 0.29) is 5.82 Å². The third-order valence-corrected chi connectivity index (χ3v) is 2.43. The Morgan fingerprint density at radius 1 is 1.19 bits per heavy atom. The molecule has 0 bridgehead atoms. The molecule has 1 N–H and O–H groups in total. The van der Waals surface area contributed by atoms with E-state index in [9.17, 15) is 4.39 Å². The van der Waals surface area contributed by atoms with Crippen molar-refractivity contribution in [1.29, 1.82) is 0 Å². The standard InChI is InChI=1S/C13H13FN2/c1-15-8-11-9-16-7-6-13(11)10-2-4-12(14)5-3-10/h2-7,9,15H,8H2,1H3. The number of hydrogen-bond acceptors (Lipinski definition) is 2. The first-order chi connectivity index (χ1) is 7.81. The third-order valence-electron chi connectivity index (χ3n) is 2.43. The average molecular weight is 216 g/mol. The molecule has 0 aliphatic carbocycles. The quantitative estimate of drug-likeness (QED) is 0.853. The smallest absolute Gasteiger partial charge is 0.123 e. The molecule has 0 aliphatic heterocycles. The van der Waals surface area contributed by atoms with Crippen molar-refractivity contribution in [2.24, 2.45) is 0 Å². The molecule has 1 heterocycles. The van der Waals surface area contributed by atoms with Crippen molar-refractivity contribution in [1.82, 2.24) is 10.3 Å². The van der Waals surface area contributed by atoms with Crippen LogP contribution in [0.4, 0.5) is 4.39 Å². The van der Waals surface area contributed by atoms with Crippen molar-refractivity contribution in [3.05, 3.63) is 54.1 Å². The lowest BCUT2D eigenvalue weighted by atomic mass is 10.0. The first-order valence-corrected chi connectivity index (χ1v) is 5.14. The summed E-state index contributed by atoms with van der Waals surface area (Å²) >= 11 is 0. The lowest BCUT2D eigenvalue weighted by molar-refractivity contribution is 0.628. The highest BCUT2D eigenvalue weighted by molar-refractivity contribution is 5.66. The second-order valence-corrected chi connectivity index (χ2v) is 3.57. The molecule has 0 saturated heterocycles. The van der Waals surface area contributed by atoms with Gasteiger partial charge in [0.15, 0.2) is 0 Å². The van der Waals surface area contributed by atoms with Crippen LogP contribution in [0.15, 0.2) is 42.7 Å². The second kappa shape index (κ2) is 4.86. The summed E-state index contributed by atoms with van der Waals surface area (Å²) in [7, 11) is 1.89. The molecule has 0 aliphatic rings. The highest BCUT2D eigenvalue weighted by Gasteiger charge is 2.04. The first kappa shape index (κ1) is 10.8. The van der Waals surface area contributed by atoms with E-state index < -0.39 is 0 Å². The molecule has 1 aromatic heterocycles. The molecule has 0 radical (unpaired) electrons. The Kier molecular flexibility index (Phi) is 3.27. The molecule has 0 spiro atoms. The van der Waals surface area contributed by atoms with E-state index in [4.69, 9.17) is 0 Å². The summed E-state index contributed by atoms with van der Waals surface area (Å²) in [5, 5.41) is 3.09. The van der Waals surface area contributed by atoms with Crippen molar-refractivity contribution >= 4 is 0 Å². The molecule has 16 heavy (non-hydrogen) atoms. The predicted molar refractivity (Wildman–Crippen MR) is 62.4 cm³/mol. The second-order valence-electron chi connectivity index (χ2n) is 3.57. The largest absolute Gasteiger partial charge is 0.316 e. The minimum absolute atomic E-state index is 0.215. The van der Waals surface area contributed by atoms with Crippen LogP contribution in [0.5, 0.6) is 0 Å². The van der Waals surface area contributed by atoms with Gasteiger partial charge in [0.05, 0.1) is 0 Å². The fourth-order valence-corrected chi connectivity index (χ4v) is 1.67. The summed E-state index contributed by atoms with van der Waals surface area (Å²) < 4.78 is 12.8. The van der Waals surface area contributed by atoms with Gasteiger partial charge in [-0.3, -0.25) is 4.98 Å². The van der Waals surface area contributed by atoms with Gasteiger partial charge in [-0.05, 0) is 41.9 Å². The number of hydrogen-bond donors (Lipinski definition) is 1. The SMILES string of the molecule is CNCc1cnccc1-c1ccc(F)cc1. The van der Waals surface area contributed by atoms with Gasteiger partial charge in [-0.25, -0.2) is 4.39 Å². The molecule has 1 aromatic carbocycles. The Morgan fingerprint density at radius 2 is 1.94 bits per heavy atom. The van der Waals surface area contributed by atoms with E-state index in [1.807, 2.05) is 19.3 Å². The Labute approximate surface area is 94.2 Å². The molecular weight excluding hydrogens is 203 g/mol. The lowest BCUT2D eigenvalue weighted by Gasteiger charge is -2.08. The number of rotatable bonds is 3. The molecule has 0 unspecified atom stereocenters. The van der Waals surface area contributed by atoms with Gasteiger partial charge in [-0.1, -0.05) is 12.1 Å². The summed E-state index contributed by atoms with van der Waals surface area (Å²) in [4.78, 5) is 4.09. The van der Waals surface area contributed by atoms with E-state index >= 15 is 0 Å². The summed E-state index contributed by atoms with van der Waals surface area (Å²) in [5.74, 6) is -0.215. The minimum Gasteiger partial charge on any atom is -0.316 e. The normalized spacial score (nSPS) is 10.4. The molecule has 2 aromatic rings. The Morgan fingerprint density at radius 3 is 2.62 bits per heavy atom. The summed E-state index contributed by atoms with van der Waals surface area (Å²) in [5.41, 5.74) is 3.20. The first-order valence-electron chi connectivity index (χ1n) is 5.14. The van der Waals surface area contributed by atoms with E-state index in [1.165, 1.54) is 12.1 Å². The molecule has 0 amide bonds. The van der Waals surface area contributed by atoms with Gasteiger partial charge < -0.3 is 5.32 Å².